The number of ether oxygens (including phenoxy) is 28. The molecule has 0 N–H and O–H groups in total. The summed E-state index contributed by atoms with van der Waals surface area (Å²) in [5.74, 6) is -57.6. The van der Waals surface area contributed by atoms with Crippen LogP contribution in [0.15, 0.2) is 78.9 Å². The number of carbonyl (C=O) groups excluding carboxylic acids is 21. The first kappa shape index (κ1) is 106. The monoisotopic (exact) mass is 1940 g/mol. The van der Waals surface area contributed by atoms with Gasteiger partial charge in [-0.2, -0.15) is 0 Å². The lowest BCUT2D eigenvalue weighted by atomic mass is 10.2. The predicted molar refractivity (Wildman–Crippen MR) is 450 cm³/mol. The molecule has 0 atom stereocenters. The lowest BCUT2D eigenvalue weighted by Gasteiger charge is -2.24. The highest BCUT2D eigenvalue weighted by atomic mass is 16.7. The molecule has 0 aromatic heterocycles. The van der Waals surface area contributed by atoms with Gasteiger partial charge in [-0.25, -0.2) is 0 Å². The molecule has 0 aliphatic rings. The van der Waals surface area contributed by atoms with E-state index in [0.29, 0.717) is 30.3 Å². The Bertz CT molecular complexity index is 6310. The molecule has 8 aromatic rings. The molecule has 0 aliphatic carbocycles. The maximum atomic E-state index is 13.8. The van der Waals surface area contributed by atoms with Crippen LogP contribution >= 0.6 is 0 Å². The summed E-state index contributed by atoms with van der Waals surface area (Å²) in [5.41, 5.74) is 0. The molecule has 0 bridgehead atoms. The zero-order chi connectivity index (χ0) is 103. The van der Waals surface area contributed by atoms with Gasteiger partial charge in [0, 0.05) is 224 Å². The molecule has 8 aromatic carbocycles. The van der Waals surface area contributed by atoms with Crippen molar-refractivity contribution >= 4 is 125 Å². The Morgan fingerprint density at radius 2 is 0.230 bits per heavy atom. The van der Waals surface area contributed by atoms with Gasteiger partial charge in [-0.3, -0.25) is 101 Å². The molecule has 0 radical (unpaired) electrons. The van der Waals surface area contributed by atoms with Crippen LogP contribution < -0.4 is 133 Å². The van der Waals surface area contributed by atoms with E-state index in [-0.39, 0.29) is 5.75 Å². The van der Waals surface area contributed by atoms with E-state index in [0.717, 1.165) is 194 Å². The molecule has 0 saturated heterocycles. The minimum atomic E-state index is -1.42. The van der Waals surface area contributed by atoms with Crippen LogP contribution in [-0.2, 0) is 101 Å². The van der Waals surface area contributed by atoms with Crippen LogP contribution in [0.25, 0.3) is 0 Å². The van der Waals surface area contributed by atoms with Crippen LogP contribution in [0, 0.1) is 0 Å². The van der Waals surface area contributed by atoms with Gasteiger partial charge >= 0.3 is 125 Å². The van der Waals surface area contributed by atoms with Crippen molar-refractivity contribution in [2.45, 2.75) is 145 Å². The van der Waals surface area contributed by atoms with Crippen LogP contribution in [0.5, 0.6) is 201 Å². The summed E-state index contributed by atoms with van der Waals surface area (Å²) in [5, 5.41) is 0. The van der Waals surface area contributed by atoms with Crippen molar-refractivity contribution in [3.63, 3.8) is 0 Å². The highest BCUT2D eigenvalue weighted by Crippen LogP contribution is 2.62. The number of benzene rings is 8. The van der Waals surface area contributed by atoms with Gasteiger partial charge in [0.25, 0.3) is 0 Å². The van der Waals surface area contributed by atoms with Gasteiger partial charge < -0.3 is 133 Å². The quantitative estimate of drug-likeness (QED) is 0.0263. The Labute approximate surface area is 781 Å². The third kappa shape index (κ3) is 30.1. The normalized spacial score (nSPS) is 10.4. The fourth-order valence-corrected chi connectivity index (χ4v) is 11.3. The topological polar surface area (TPSA) is 617 Å². The second-order valence-corrected chi connectivity index (χ2v) is 27.5. The third-order valence-corrected chi connectivity index (χ3v) is 15.1. The van der Waals surface area contributed by atoms with Crippen molar-refractivity contribution in [1.82, 2.24) is 0 Å². The Kier molecular flexibility index (Phi) is 35.0. The lowest BCUT2D eigenvalue weighted by molar-refractivity contribution is -0.135. The van der Waals surface area contributed by atoms with E-state index in [4.69, 9.17) is 133 Å². The molecule has 8 rings (SSSR count). The SMILES string of the molecule is CC(=O)Oc1cc(OC(C)=O)c(Oc2cc(OC(C)=O)c(Oc3cc(OC(C)=O)c(OC(C)=O)c(OC(C)=O)c3Oc3cc(OC(C)=O)c(Oc4cc(OC(C)=O)c(OC(C)=O)c(OC(C)=O)c4Oc4cc(OC(C)=O)c(OC(C)=O)c(OC(C)=O)c4Oc4cc(OC(C)=O)c(Oc5cc(OC(C)=O)c(OC(C)=O)c(OC(C)=O)c5)c(OC(C)=O)c4)c(OC(C)=O)c3)c(OC(C)=O)c2)c(OC(C)=O)c1. The average molecular weight is 1940 g/mol. The Morgan fingerprint density at radius 1 is 0.108 bits per heavy atom. The van der Waals surface area contributed by atoms with Crippen LogP contribution in [0.3, 0.4) is 0 Å². The summed E-state index contributed by atoms with van der Waals surface area (Å²) in [4.78, 5) is 276. The minimum absolute atomic E-state index is 0.377. The van der Waals surface area contributed by atoms with Crippen LogP contribution in [0.1, 0.15) is 145 Å². The van der Waals surface area contributed by atoms with E-state index in [1.54, 1.807) is 0 Å². The Morgan fingerprint density at radius 3 is 0.410 bits per heavy atom. The third-order valence-electron chi connectivity index (χ3n) is 15.1. The molecule has 730 valence electrons. The molecule has 0 spiro atoms. The lowest BCUT2D eigenvalue weighted by Crippen LogP contribution is -2.13. The first-order valence-electron chi connectivity index (χ1n) is 39.2. The van der Waals surface area contributed by atoms with Gasteiger partial charge in [0.05, 0.1) is 0 Å². The first-order chi connectivity index (χ1) is 65.1. The Balaban J connectivity index is 1.50. The highest BCUT2D eigenvalue weighted by molar-refractivity contribution is 5.89. The number of hydrogen-bond donors (Lipinski definition) is 0. The van der Waals surface area contributed by atoms with Gasteiger partial charge in [0.1, 0.15) is 28.7 Å². The summed E-state index contributed by atoms with van der Waals surface area (Å²) in [6.07, 6.45) is 0. The molecular weight excluding hydrogens is 1860 g/mol. The zero-order valence-corrected chi connectivity index (χ0v) is 76.5. The van der Waals surface area contributed by atoms with E-state index in [1.165, 1.54) is 0 Å². The van der Waals surface area contributed by atoms with Crippen molar-refractivity contribution in [1.29, 1.82) is 0 Å². The van der Waals surface area contributed by atoms with Gasteiger partial charge in [0.2, 0.25) is 80.5 Å². The summed E-state index contributed by atoms with van der Waals surface area (Å²) in [6.45, 7) is 17.5. The van der Waals surface area contributed by atoms with E-state index in [1.807, 2.05) is 0 Å². The standard InChI is InChI=1S/C90H76O49/c1-35(91)112-56-22-63(115-38(4)94)78(64(23-56)116-39(5)95)134-58-26-67(119-42(8)98)80(68(27-58)120-43(9)99)137-74-32-71(123-46(12)102)82(127-50(16)106)88(130-53(19)109)85(74)135-60-30-69(121-44(10)100)81(70(31-60)122-45(11)101)138-76-34-73(125-48(14)104)84(129-52(18)108)90(132-55(21)111)87(76)139-75-33-72(124-47(13)103)83(128-51(17)107)89(131-54(20)110)86(75)136-59-28-65(117-40(6)96)79(66(29-59)118-41(7)97)133-57-24-61(113-36(2)92)77(126-49(15)105)62(25-57)114-37(3)93/h22-34H,1-21H3. The van der Waals surface area contributed by atoms with Crippen LogP contribution in [0.2, 0.25) is 0 Å². The van der Waals surface area contributed by atoms with Crippen LogP contribution in [-0.4, -0.2) is 125 Å². The van der Waals surface area contributed by atoms with Gasteiger partial charge in [-0.05, 0) is 0 Å². The molecule has 0 aliphatic heterocycles. The smallest absolute Gasteiger partial charge is 0.308 e. The fourth-order valence-electron chi connectivity index (χ4n) is 11.3. The second-order valence-electron chi connectivity index (χ2n) is 27.5. The largest absolute Gasteiger partial charge is 0.449 e. The summed E-state index contributed by atoms with van der Waals surface area (Å²) >= 11 is 0. The van der Waals surface area contributed by atoms with E-state index in [2.05, 4.69) is 0 Å². The maximum Gasteiger partial charge on any atom is 0.308 e. The molecule has 49 nitrogen and oxygen atoms in total. The second kappa shape index (κ2) is 46.1. The molecule has 0 amide bonds. The molecule has 0 unspecified atom stereocenters. The molecule has 0 heterocycles. The van der Waals surface area contributed by atoms with Crippen molar-refractivity contribution in [2.75, 3.05) is 0 Å². The zero-order valence-electron chi connectivity index (χ0n) is 76.5. The maximum absolute atomic E-state index is 13.8. The fraction of sp³-hybridized carbons (Fsp3) is 0.233. The first-order valence-corrected chi connectivity index (χ1v) is 39.2. The molecular formula is C90H76O49. The van der Waals surface area contributed by atoms with Gasteiger partial charge in [-0.1, -0.05) is 0 Å². The van der Waals surface area contributed by atoms with E-state index < -0.39 is 321 Å². The number of rotatable bonds is 35. The summed E-state index contributed by atoms with van der Waals surface area (Å²) < 4.78 is 160. The van der Waals surface area contributed by atoms with E-state index >= 15 is 0 Å². The average Bonchev–Trinajstić information content (AvgIpc) is 0.761. The molecule has 49 heteroatoms. The number of hydrogen-bond acceptors (Lipinski definition) is 49. The van der Waals surface area contributed by atoms with Crippen molar-refractivity contribution in [3.05, 3.63) is 78.9 Å². The summed E-state index contributed by atoms with van der Waals surface area (Å²) in [6, 6.07) is 10.0. The van der Waals surface area contributed by atoms with Gasteiger partial charge in [-0.15, -0.1) is 0 Å². The molecule has 139 heavy (non-hydrogen) atoms. The van der Waals surface area contributed by atoms with Gasteiger partial charge in [0.15, 0.2) is 92.0 Å². The number of carbonyl (C=O) groups is 21. The van der Waals surface area contributed by atoms with Crippen molar-refractivity contribution < 1.29 is 233 Å². The minimum Gasteiger partial charge on any atom is -0.449 e. The number of esters is 21. The van der Waals surface area contributed by atoms with Crippen molar-refractivity contribution in [3.8, 4) is 201 Å². The van der Waals surface area contributed by atoms with Crippen LogP contribution in [0.4, 0.5) is 0 Å². The summed E-state index contributed by atoms with van der Waals surface area (Å²) in [7, 11) is 0. The highest BCUT2D eigenvalue weighted by Gasteiger charge is 2.39. The predicted octanol–water partition coefficient (Wildman–Crippen LogP) is 12.7. The Hall–Kier alpha value is -18.8. The molecule has 0 saturated carbocycles. The van der Waals surface area contributed by atoms with Crippen molar-refractivity contribution in [2.24, 2.45) is 0 Å². The molecule has 0 fully saturated rings. The van der Waals surface area contributed by atoms with E-state index in [9.17, 15) is 101 Å².